The van der Waals surface area contributed by atoms with Crippen molar-refractivity contribution >= 4 is 11.6 Å². The van der Waals surface area contributed by atoms with Gasteiger partial charge in [-0.25, -0.2) is 0 Å². The van der Waals surface area contributed by atoms with Gasteiger partial charge in [0.2, 0.25) is 5.91 Å². The minimum Gasteiger partial charge on any atom is -0.310 e. The summed E-state index contributed by atoms with van der Waals surface area (Å²) >= 11 is 0. The summed E-state index contributed by atoms with van der Waals surface area (Å²) in [6.45, 7) is 8.52. The number of aryl methyl sites for hydroxylation is 1. The Hall–Kier alpha value is -1.90. The second kappa shape index (κ2) is 9.34. The normalized spacial score (nSPS) is 20.3. The molecule has 0 radical (unpaired) electrons. The summed E-state index contributed by atoms with van der Waals surface area (Å²) < 4.78 is 0. The molecule has 3 rings (SSSR count). The zero-order valence-corrected chi connectivity index (χ0v) is 16.7. The van der Waals surface area contributed by atoms with Crippen LogP contribution in [0.25, 0.3) is 0 Å². The lowest BCUT2D eigenvalue weighted by Crippen LogP contribution is -2.56. The number of piperazine rings is 1. The molecule has 1 heterocycles. The van der Waals surface area contributed by atoms with E-state index in [9.17, 15) is 4.79 Å². The van der Waals surface area contributed by atoms with E-state index in [1.807, 2.05) is 38.1 Å². The van der Waals surface area contributed by atoms with Gasteiger partial charge >= 0.3 is 0 Å². The van der Waals surface area contributed by atoms with Gasteiger partial charge < -0.3 is 4.90 Å². The van der Waals surface area contributed by atoms with Crippen LogP contribution in [0.3, 0.4) is 0 Å². The number of nitrogens with zero attached hydrogens (tertiary/aromatic N) is 4. The van der Waals surface area contributed by atoms with E-state index in [0.29, 0.717) is 13.0 Å². The van der Waals surface area contributed by atoms with E-state index in [-0.39, 0.29) is 11.9 Å². The number of carbonyl (C=O) groups excluding carboxylic acids is 1. The molecular weight excluding hydrogens is 336 g/mol. The van der Waals surface area contributed by atoms with E-state index < -0.39 is 0 Å². The predicted molar refractivity (Wildman–Crippen MR) is 109 cm³/mol. The maximum atomic E-state index is 13.2. The molecular formula is C22H32N4O. The fourth-order valence-corrected chi connectivity index (χ4v) is 4.39. The average Bonchev–Trinajstić information content (AvgIpc) is 3.24. The molecule has 1 aromatic rings. The minimum atomic E-state index is -0.157. The van der Waals surface area contributed by atoms with Crippen LogP contribution in [0.15, 0.2) is 24.3 Å². The highest BCUT2D eigenvalue weighted by molar-refractivity contribution is 5.97. The Bertz CT molecular complexity index is 652. The van der Waals surface area contributed by atoms with Gasteiger partial charge in [-0.05, 0) is 38.8 Å². The number of rotatable bonds is 6. The summed E-state index contributed by atoms with van der Waals surface area (Å²) in [5.74, 6) is 0.100. The molecule has 5 heteroatoms. The van der Waals surface area contributed by atoms with Crippen LogP contribution in [0.4, 0.5) is 5.69 Å². The SMILES string of the molecule is Cc1ccc(N(CCC#N)C(=O)C(C)N2CCN(C3CCCC3)CC2)cc1. The molecule has 2 fully saturated rings. The molecule has 0 N–H and O–H groups in total. The van der Waals surface area contributed by atoms with Crippen LogP contribution in [-0.2, 0) is 4.79 Å². The van der Waals surface area contributed by atoms with Gasteiger partial charge in [0, 0.05) is 44.5 Å². The third kappa shape index (κ3) is 4.88. The van der Waals surface area contributed by atoms with Crippen LogP contribution >= 0.6 is 0 Å². The molecule has 1 saturated carbocycles. The summed E-state index contributed by atoms with van der Waals surface area (Å²) in [5.41, 5.74) is 2.06. The topological polar surface area (TPSA) is 50.6 Å². The van der Waals surface area contributed by atoms with E-state index in [2.05, 4.69) is 15.9 Å². The van der Waals surface area contributed by atoms with Crippen LogP contribution in [0.5, 0.6) is 0 Å². The van der Waals surface area contributed by atoms with Crippen LogP contribution in [0.1, 0.15) is 44.6 Å². The van der Waals surface area contributed by atoms with Gasteiger partial charge in [0.15, 0.2) is 0 Å². The Morgan fingerprint density at radius 2 is 1.81 bits per heavy atom. The van der Waals surface area contributed by atoms with Gasteiger partial charge in [-0.1, -0.05) is 30.5 Å². The number of hydrogen-bond donors (Lipinski definition) is 0. The largest absolute Gasteiger partial charge is 0.310 e. The highest BCUT2D eigenvalue weighted by atomic mass is 16.2. The second-order valence-electron chi connectivity index (χ2n) is 7.92. The average molecular weight is 369 g/mol. The van der Waals surface area contributed by atoms with Crippen molar-refractivity contribution in [2.24, 2.45) is 0 Å². The highest BCUT2D eigenvalue weighted by Gasteiger charge is 2.31. The Morgan fingerprint density at radius 3 is 2.41 bits per heavy atom. The molecule has 5 nitrogen and oxygen atoms in total. The lowest BCUT2D eigenvalue weighted by molar-refractivity contribution is -0.124. The van der Waals surface area contributed by atoms with E-state index >= 15 is 0 Å². The predicted octanol–water partition coefficient (Wildman–Crippen LogP) is 3.19. The quantitative estimate of drug-likeness (QED) is 0.774. The highest BCUT2D eigenvalue weighted by Crippen LogP contribution is 2.25. The van der Waals surface area contributed by atoms with Gasteiger partial charge in [0.1, 0.15) is 0 Å². The van der Waals surface area contributed by atoms with Crippen molar-refractivity contribution in [1.29, 1.82) is 5.26 Å². The standard InChI is InChI=1S/C22H32N4O/c1-18-8-10-21(11-9-18)26(13-5-12-23)22(27)19(2)24-14-16-25(17-15-24)20-6-3-4-7-20/h8-11,19-20H,3-7,13-17H2,1-2H3. The van der Waals surface area contributed by atoms with Gasteiger partial charge in [0.05, 0.1) is 18.5 Å². The van der Waals surface area contributed by atoms with Crippen LogP contribution < -0.4 is 4.90 Å². The maximum Gasteiger partial charge on any atom is 0.244 e. The van der Waals surface area contributed by atoms with Gasteiger partial charge in [-0.15, -0.1) is 0 Å². The van der Waals surface area contributed by atoms with Gasteiger partial charge in [0.25, 0.3) is 0 Å². The summed E-state index contributed by atoms with van der Waals surface area (Å²) in [7, 11) is 0. The summed E-state index contributed by atoms with van der Waals surface area (Å²) in [6, 6.07) is 10.8. The van der Waals surface area contributed by atoms with Gasteiger partial charge in [-0.3, -0.25) is 14.6 Å². The van der Waals surface area contributed by atoms with E-state index in [0.717, 1.165) is 37.9 Å². The van der Waals surface area contributed by atoms with Crippen molar-refractivity contribution in [3.8, 4) is 6.07 Å². The third-order valence-electron chi connectivity index (χ3n) is 6.15. The van der Waals surface area contributed by atoms with E-state index in [1.54, 1.807) is 4.90 Å². The first-order valence-corrected chi connectivity index (χ1v) is 10.3. The number of benzene rings is 1. The first-order valence-electron chi connectivity index (χ1n) is 10.3. The maximum absolute atomic E-state index is 13.2. The molecule has 1 aromatic carbocycles. The summed E-state index contributed by atoms with van der Waals surface area (Å²) in [4.78, 5) is 19.9. The van der Waals surface area contributed by atoms with Crippen molar-refractivity contribution in [1.82, 2.24) is 9.80 Å². The lowest BCUT2D eigenvalue weighted by atomic mass is 10.1. The minimum absolute atomic E-state index is 0.100. The lowest BCUT2D eigenvalue weighted by Gasteiger charge is -2.41. The molecule has 0 aromatic heterocycles. The monoisotopic (exact) mass is 368 g/mol. The third-order valence-corrected chi connectivity index (χ3v) is 6.15. The first-order chi connectivity index (χ1) is 13.1. The zero-order valence-electron chi connectivity index (χ0n) is 16.7. The molecule has 1 unspecified atom stereocenters. The summed E-state index contributed by atoms with van der Waals surface area (Å²) in [6.07, 6.45) is 5.75. The molecule has 1 atom stereocenters. The Kier molecular flexibility index (Phi) is 6.87. The number of nitriles is 1. The fraction of sp³-hybridized carbons (Fsp3) is 0.636. The summed E-state index contributed by atoms with van der Waals surface area (Å²) in [5, 5.41) is 9.00. The van der Waals surface area contributed by atoms with Crippen LogP contribution in [0.2, 0.25) is 0 Å². The molecule has 2 aliphatic rings. The molecule has 1 aliphatic carbocycles. The van der Waals surface area contributed by atoms with E-state index in [1.165, 1.54) is 31.2 Å². The Labute approximate surface area is 163 Å². The number of amides is 1. The Balaban J connectivity index is 1.62. The molecule has 1 saturated heterocycles. The van der Waals surface area contributed by atoms with Crippen molar-refractivity contribution in [2.45, 2.75) is 58.0 Å². The van der Waals surface area contributed by atoms with Crippen molar-refractivity contribution < 1.29 is 4.79 Å². The van der Waals surface area contributed by atoms with Crippen molar-refractivity contribution in [3.05, 3.63) is 29.8 Å². The smallest absolute Gasteiger partial charge is 0.244 e. The van der Waals surface area contributed by atoms with Crippen LogP contribution in [0, 0.1) is 18.3 Å². The van der Waals surface area contributed by atoms with E-state index in [4.69, 9.17) is 5.26 Å². The fourth-order valence-electron chi connectivity index (χ4n) is 4.39. The van der Waals surface area contributed by atoms with Crippen molar-refractivity contribution in [3.63, 3.8) is 0 Å². The Morgan fingerprint density at radius 1 is 1.19 bits per heavy atom. The molecule has 1 aliphatic heterocycles. The first kappa shape index (κ1) is 19.9. The number of hydrogen-bond acceptors (Lipinski definition) is 4. The van der Waals surface area contributed by atoms with Gasteiger partial charge in [-0.2, -0.15) is 5.26 Å². The number of anilines is 1. The molecule has 27 heavy (non-hydrogen) atoms. The molecule has 0 bridgehead atoms. The second-order valence-corrected chi connectivity index (χ2v) is 7.92. The molecule has 146 valence electrons. The number of carbonyl (C=O) groups is 1. The molecule has 1 amide bonds. The zero-order chi connectivity index (χ0) is 19.2. The molecule has 0 spiro atoms. The van der Waals surface area contributed by atoms with Crippen molar-refractivity contribution in [2.75, 3.05) is 37.6 Å². The van der Waals surface area contributed by atoms with Crippen LogP contribution in [-0.4, -0.2) is 60.5 Å².